The zero-order valence-corrected chi connectivity index (χ0v) is 13.6. The van der Waals surface area contributed by atoms with Crippen LogP contribution in [-0.2, 0) is 17.4 Å². The first-order chi connectivity index (χ1) is 11.9. The van der Waals surface area contributed by atoms with Crippen molar-refractivity contribution in [3.05, 3.63) is 70.3 Å². The molecule has 0 atom stereocenters. The van der Waals surface area contributed by atoms with Gasteiger partial charge in [-0.1, -0.05) is 35.5 Å². The lowest BCUT2D eigenvalue weighted by molar-refractivity contribution is -0.137. The topological polar surface area (TPSA) is 38.7 Å². The number of fused-ring (bicyclic) bond motifs is 1. The van der Waals surface area contributed by atoms with Crippen LogP contribution in [0.2, 0.25) is 0 Å². The molecule has 6 heteroatoms. The van der Waals surface area contributed by atoms with Gasteiger partial charge >= 0.3 is 6.18 Å². The van der Waals surface area contributed by atoms with E-state index >= 15 is 0 Å². The summed E-state index contributed by atoms with van der Waals surface area (Å²) < 4.78 is 38.1. The Morgan fingerprint density at radius 1 is 1.08 bits per heavy atom. The van der Waals surface area contributed by atoms with Crippen LogP contribution in [0.4, 0.5) is 13.2 Å². The van der Waals surface area contributed by atoms with Crippen molar-refractivity contribution >= 4 is 11.5 Å². The molecule has 0 N–H and O–H groups in total. The molecule has 0 bridgehead atoms. The number of aryl methyl sites for hydroxylation is 1. The van der Waals surface area contributed by atoms with Crippen molar-refractivity contribution in [2.75, 3.05) is 7.11 Å². The molecule has 0 heterocycles. The molecule has 3 nitrogen and oxygen atoms in total. The fourth-order valence-electron chi connectivity index (χ4n) is 3.08. The van der Waals surface area contributed by atoms with Crippen molar-refractivity contribution in [3.63, 3.8) is 0 Å². The molecule has 1 aliphatic rings. The summed E-state index contributed by atoms with van der Waals surface area (Å²) in [4.78, 5) is 17.7. The lowest BCUT2D eigenvalue weighted by Gasteiger charge is -2.20. The van der Waals surface area contributed by atoms with Crippen molar-refractivity contribution < 1.29 is 22.8 Å². The zero-order chi connectivity index (χ0) is 18.0. The van der Waals surface area contributed by atoms with Crippen molar-refractivity contribution in [1.29, 1.82) is 0 Å². The number of carbonyl (C=O) groups excluding carboxylic acids is 1. The first-order valence-electron chi connectivity index (χ1n) is 7.86. The molecular weight excluding hydrogens is 331 g/mol. The Balaban J connectivity index is 2.03. The van der Waals surface area contributed by atoms with Crippen molar-refractivity contribution in [2.24, 2.45) is 5.16 Å². The fraction of sp³-hybridized carbons (Fsp3) is 0.263. The highest BCUT2D eigenvalue weighted by Crippen LogP contribution is 2.30. The largest absolute Gasteiger partial charge is 0.416 e. The smallest absolute Gasteiger partial charge is 0.399 e. The van der Waals surface area contributed by atoms with Gasteiger partial charge in [0, 0.05) is 16.7 Å². The van der Waals surface area contributed by atoms with E-state index in [-0.39, 0.29) is 11.3 Å². The van der Waals surface area contributed by atoms with Gasteiger partial charge in [-0.15, -0.1) is 0 Å². The van der Waals surface area contributed by atoms with Crippen LogP contribution in [0.25, 0.3) is 0 Å². The molecular formula is C19H16F3NO2. The molecule has 2 aromatic carbocycles. The predicted octanol–water partition coefficient (Wildman–Crippen LogP) is 4.62. The van der Waals surface area contributed by atoms with Crippen molar-refractivity contribution in [1.82, 2.24) is 0 Å². The minimum atomic E-state index is -4.42. The quantitative estimate of drug-likeness (QED) is 0.600. The van der Waals surface area contributed by atoms with E-state index in [4.69, 9.17) is 4.84 Å². The van der Waals surface area contributed by atoms with E-state index in [9.17, 15) is 18.0 Å². The molecule has 2 aromatic rings. The van der Waals surface area contributed by atoms with Crippen LogP contribution in [0.15, 0.2) is 47.6 Å². The first kappa shape index (κ1) is 17.2. The van der Waals surface area contributed by atoms with Gasteiger partial charge in [-0.05, 0) is 37.0 Å². The number of hydrogen-bond donors (Lipinski definition) is 0. The first-order valence-corrected chi connectivity index (χ1v) is 7.86. The molecule has 0 amide bonds. The van der Waals surface area contributed by atoms with Gasteiger partial charge in [-0.2, -0.15) is 13.2 Å². The monoisotopic (exact) mass is 347 g/mol. The molecule has 0 saturated heterocycles. The highest BCUT2D eigenvalue weighted by Gasteiger charge is 2.30. The van der Waals surface area contributed by atoms with Gasteiger partial charge in [0.2, 0.25) is 0 Å². The van der Waals surface area contributed by atoms with Crippen LogP contribution in [0.5, 0.6) is 0 Å². The molecule has 0 aliphatic heterocycles. The number of carbonyl (C=O) groups is 1. The summed E-state index contributed by atoms with van der Waals surface area (Å²) in [5.41, 5.74) is 2.30. The lowest BCUT2D eigenvalue weighted by Crippen LogP contribution is -2.18. The van der Waals surface area contributed by atoms with E-state index in [0.29, 0.717) is 17.7 Å². The molecule has 0 spiro atoms. The average Bonchev–Trinajstić information content (AvgIpc) is 2.60. The Morgan fingerprint density at radius 2 is 1.80 bits per heavy atom. The predicted molar refractivity (Wildman–Crippen MR) is 87.8 cm³/mol. The van der Waals surface area contributed by atoms with E-state index < -0.39 is 11.7 Å². The number of oxime groups is 1. The third-order valence-corrected chi connectivity index (χ3v) is 4.22. The SMILES string of the molecule is CO/N=C1\CCCc2cccc(C(=O)c3ccc(C(F)(F)F)cc3)c21. The number of nitrogens with zero attached hydrogens (tertiary/aromatic N) is 1. The number of hydrogen-bond acceptors (Lipinski definition) is 3. The molecule has 0 aromatic heterocycles. The normalized spacial score (nSPS) is 15.8. The number of rotatable bonds is 3. The van der Waals surface area contributed by atoms with E-state index in [0.717, 1.165) is 36.1 Å². The molecule has 0 saturated carbocycles. The molecule has 130 valence electrons. The second-order valence-corrected chi connectivity index (χ2v) is 5.82. The Bertz CT molecular complexity index is 824. The van der Waals surface area contributed by atoms with E-state index in [1.807, 2.05) is 6.07 Å². The van der Waals surface area contributed by atoms with Gasteiger partial charge in [0.25, 0.3) is 0 Å². The van der Waals surface area contributed by atoms with Gasteiger partial charge < -0.3 is 4.84 Å². The third kappa shape index (κ3) is 3.43. The van der Waals surface area contributed by atoms with Crippen LogP contribution >= 0.6 is 0 Å². The van der Waals surface area contributed by atoms with Crippen LogP contribution in [0.3, 0.4) is 0 Å². The fourth-order valence-corrected chi connectivity index (χ4v) is 3.08. The summed E-state index contributed by atoms with van der Waals surface area (Å²) in [5.74, 6) is -0.323. The Kier molecular flexibility index (Phi) is 4.61. The second-order valence-electron chi connectivity index (χ2n) is 5.82. The molecule has 0 radical (unpaired) electrons. The van der Waals surface area contributed by atoms with Crippen molar-refractivity contribution in [3.8, 4) is 0 Å². The van der Waals surface area contributed by atoms with Crippen LogP contribution < -0.4 is 0 Å². The van der Waals surface area contributed by atoms with Gasteiger partial charge in [0.15, 0.2) is 5.78 Å². The van der Waals surface area contributed by atoms with Gasteiger partial charge in [0.1, 0.15) is 7.11 Å². The Labute approximate surface area is 143 Å². The number of benzene rings is 2. The standard InChI is InChI=1S/C19H16F3NO2/c1-25-23-16-7-3-5-12-4-2-6-15(17(12)16)18(24)13-8-10-14(11-9-13)19(20,21)22/h2,4,6,8-11H,3,5,7H2,1H3/b23-16+. The molecule has 25 heavy (non-hydrogen) atoms. The molecule has 1 aliphatic carbocycles. The zero-order valence-electron chi connectivity index (χ0n) is 13.6. The summed E-state index contributed by atoms with van der Waals surface area (Å²) in [6.07, 6.45) is -2.00. The highest BCUT2D eigenvalue weighted by atomic mass is 19.4. The molecule has 0 fully saturated rings. The van der Waals surface area contributed by atoms with E-state index in [1.165, 1.54) is 19.2 Å². The minimum Gasteiger partial charge on any atom is -0.399 e. The summed E-state index contributed by atoms with van der Waals surface area (Å²) in [6.45, 7) is 0. The summed E-state index contributed by atoms with van der Waals surface area (Å²) >= 11 is 0. The van der Waals surface area contributed by atoms with Gasteiger partial charge in [-0.3, -0.25) is 4.79 Å². The summed E-state index contributed by atoms with van der Waals surface area (Å²) in [6, 6.07) is 9.66. The minimum absolute atomic E-state index is 0.212. The van der Waals surface area contributed by atoms with E-state index in [1.54, 1.807) is 12.1 Å². The van der Waals surface area contributed by atoms with Crippen LogP contribution in [-0.4, -0.2) is 18.6 Å². The van der Waals surface area contributed by atoms with Crippen LogP contribution in [0.1, 0.15) is 45.5 Å². The maximum Gasteiger partial charge on any atom is 0.416 e. The van der Waals surface area contributed by atoms with Crippen molar-refractivity contribution in [2.45, 2.75) is 25.4 Å². The van der Waals surface area contributed by atoms with Gasteiger partial charge in [-0.25, -0.2) is 0 Å². The maximum absolute atomic E-state index is 12.9. The van der Waals surface area contributed by atoms with Crippen LogP contribution in [0, 0.1) is 0 Å². The lowest BCUT2D eigenvalue weighted by atomic mass is 9.84. The second kappa shape index (κ2) is 6.70. The molecule has 3 rings (SSSR count). The number of halogens is 3. The van der Waals surface area contributed by atoms with E-state index in [2.05, 4.69) is 5.16 Å². The highest BCUT2D eigenvalue weighted by molar-refractivity contribution is 6.17. The maximum atomic E-state index is 12.9. The summed E-state index contributed by atoms with van der Waals surface area (Å²) in [7, 11) is 1.45. The Hall–Kier alpha value is -2.63. The summed E-state index contributed by atoms with van der Waals surface area (Å²) in [5, 5.41) is 4.02. The Morgan fingerprint density at radius 3 is 2.44 bits per heavy atom. The number of alkyl halides is 3. The molecule has 0 unspecified atom stereocenters. The average molecular weight is 347 g/mol. The number of ketones is 1. The third-order valence-electron chi connectivity index (χ3n) is 4.22. The van der Waals surface area contributed by atoms with Gasteiger partial charge in [0.05, 0.1) is 11.3 Å².